The third kappa shape index (κ3) is 2.31. The highest BCUT2D eigenvalue weighted by Crippen LogP contribution is 2.55. The minimum Gasteiger partial charge on any atom is -0.459 e. The molecule has 0 radical (unpaired) electrons. The van der Waals surface area contributed by atoms with Crippen LogP contribution in [0.4, 0.5) is 17.1 Å². The highest BCUT2D eigenvalue weighted by Gasteiger charge is 2.58. The van der Waals surface area contributed by atoms with E-state index in [1.807, 2.05) is 6.21 Å². The molecule has 154 valence electrons. The molecular formula is C26H29N3O. The SMILES string of the molecule is CCN(CC)c1cc2c(c3ccccc13)N=CC1(O2)N(C)c2ccccc2C1(C)C. The minimum absolute atomic E-state index is 0.249. The normalized spacial score (nSPS) is 20.9. The van der Waals surface area contributed by atoms with E-state index in [1.165, 1.54) is 22.3 Å². The third-order valence-electron chi connectivity index (χ3n) is 7.03. The monoisotopic (exact) mass is 399 g/mol. The lowest BCUT2D eigenvalue weighted by Gasteiger charge is -2.45. The maximum absolute atomic E-state index is 6.93. The fourth-order valence-electron chi connectivity index (χ4n) is 5.23. The Kier molecular flexibility index (Phi) is 4.11. The molecule has 0 aromatic heterocycles. The van der Waals surface area contributed by atoms with Crippen LogP contribution in [0.2, 0.25) is 0 Å². The van der Waals surface area contributed by atoms with Crippen molar-refractivity contribution < 1.29 is 4.74 Å². The largest absolute Gasteiger partial charge is 0.459 e. The van der Waals surface area contributed by atoms with Gasteiger partial charge in [-0.1, -0.05) is 42.5 Å². The molecule has 30 heavy (non-hydrogen) atoms. The molecular weight excluding hydrogens is 370 g/mol. The molecule has 0 aliphatic carbocycles. The van der Waals surface area contributed by atoms with Crippen LogP contribution in [0.3, 0.4) is 0 Å². The first kappa shape index (κ1) is 19.0. The molecule has 3 aromatic carbocycles. The Morgan fingerprint density at radius 3 is 2.33 bits per heavy atom. The predicted molar refractivity (Wildman–Crippen MR) is 127 cm³/mol. The second-order valence-electron chi connectivity index (χ2n) is 8.72. The molecule has 5 rings (SSSR count). The van der Waals surface area contributed by atoms with Crippen LogP contribution in [0, 0.1) is 0 Å². The van der Waals surface area contributed by atoms with E-state index in [1.54, 1.807) is 0 Å². The fraction of sp³-hybridized carbons (Fsp3) is 0.346. The lowest BCUT2D eigenvalue weighted by Crippen LogP contribution is -2.61. The topological polar surface area (TPSA) is 28.1 Å². The van der Waals surface area contributed by atoms with Gasteiger partial charge in [-0.2, -0.15) is 0 Å². The van der Waals surface area contributed by atoms with Gasteiger partial charge in [0.1, 0.15) is 5.69 Å². The summed E-state index contributed by atoms with van der Waals surface area (Å²) in [6.45, 7) is 10.8. The van der Waals surface area contributed by atoms with Gasteiger partial charge in [0.05, 0.1) is 11.6 Å². The number of hydrogen-bond donors (Lipinski definition) is 0. The van der Waals surface area contributed by atoms with Crippen molar-refractivity contribution in [1.29, 1.82) is 0 Å². The maximum Gasteiger partial charge on any atom is 0.228 e. The van der Waals surface area contributed by atoms with E-state index in [4.69, 9.17) is 9.73 Å². The average Bonchev–Trinajstić information content (AvgIpc) is 2.93. The number of rotatable bonds is 3. The van der Waals surface area contributed by atoms with Crippen LogP contribution in [0.25, 0.3) is 10.8 Å². The molecule has 0 amide bonds. The van der Waals surface area contributed by atoms with Gasteiger partial charge in [-0.15, -0.1) is 0 Å². The van der Waals surface area contributed by atoms with E-state index in [-0.39, 0.29) is 5.41 Å². The van der Waals surface area contributed by atoms with Crippen molar-refractivity contribution >= 4 is 34.0 Å². The summed E-state index contributed by atoms with van der Waals surface area (Å²) in [5, 5.41) is 2.36. The quantitative estimate of drug-likeness (QED) is 0.548. The minimum atomic E-state index is -0.660. The summed E-state index contributed by atoms with van der Waals surface area (Å²) in [6, 6.07) is 19.3. The Bertz CT molecular complexity index is 1160. The average molecular weight is 400 g/mol. The van der Waals surface area contributed by atoms with Crippen LogP contribution < -0.4 is 14.5 Å². The fourth-order valence-corrected chi connectivity index (χ4v) is 5.23. The molecule has 0 N–H and O–H groups in total. The van der Waals surface area contributed by atoms with Crippen molar-refractivity contribution in [3.8, 4) is 5.75 Å². The molecule has 1 atom stereocenters. The highest BCUT2D eigenvalue weighted by atomic mass is 16.5. The van der Waals surface area contributed by atoms with Crippen molar-refractivity contribution in [1.82, 2.24) is 0 Å². The van der Waals surface area contributed by atoms with Gasteiger partial charge in [-0.25, -0.2) is 0 Å². The molecule has 0 saturated carbocycles. The van der Waals surface area contributed by atoms with Gasteiger partial charge in [0.2, 0.25) is 5.72 Å². The zero-order chi connectivity index (χ0) is 21.1. The van der Waals surface area contributed by atoms with Gasteiger partial charge in [0.15, 0.2) is 5.75 Å². The van der Waals surface area contributed by atoms with Gasteiger partial charge in [-0.3, -0.25) is 4.99 Å². The Morgan fingerprint density at radius 1 is 0.967 bits per heavy atom. The Balaban J connectivity index is 1.73. The van der Waals surface area contributed by atoms with Gasteiger partial charge in [0.25, 0.3) is 0 Å². The zero-order valence-corrected chi connectivity index (χ0v) is 18.4. The third-order valence-corrected chi connectivity index (χ3v) is 7.03. The molecule has 2 aliphatic rings. The van der Waals surface area contributed by atoms with E-state index >= 15 is 0 Å². The zero-order valence-electron chi connectivity index (χ0n) is 18.4. The second kappa shape index (κ2) is 6.49. The number of aliphatic imine (C=N–C) groups is 1. The molecule has 2 aliphatic heterocycles. The van der Waals surface area contributed by atoms with Gasteiger partial charge in [0, 0.05) is 48.4 Å². The van der Waals surface area contributed by atoms with E-state index in [2.05, 4.69) is 99.1 Å². The summed E-state index contributed by atoms with van der Waals surface area (Å²) in [4.78, 5) is 9.65. The van der Waals surface area contributed by atoms with Crippen LogP contribution in [0.5, 0.6) is 5.75 Å². The van der Waals surface area contributed by atoms with Crippen LogP contribution in [-0.4, -0.2) is 32.1 Å². The standard InChI is InChI=1S/C26H29N3O/c1-6-29(7-2)22-16-23-24(19-13-9-8-12-18(19)22)27-17-26(30-23)25(3,4)20-14-10-11-15-21(20)28(26)5/h8-17H,6-7H2,1-5H3. The van der Waals surface area contributed by atoms with Crippen molar-refractivity contribution in [3.05, 3.63) is 60.2 Å². The molecule has 4 nitrogen and oxygen atoms in total. The van der Waals surface area contributed by atoms with Crippen molar-refractivity contribution in [2.24, 2.45) is 4.99 Å². The van der Waals surface area contributed by atoms with E-state index in [0.717, 1.165) is 29.9 Å². The van der Waals surface area contributed by atoms with Crippen molar-refractivity contribution in [3.63, 3.8) is 0 Å². The number of benzene rings is 3. The summed E-state index contributed by atoms with van der Waals surface area (Å²) >= 11 is 0. The molecule has 1 unspecified atom stereocenters. The number of fused-ring (bicyclic) bond motifs is 4. The smallest absolute Gasteiger partial charge is 0.228 e. The molecule has 4 heteroatoms. The highest BCUT2D eigenvalue weighted by molar-refractivity contribution is 6.06. The van der Waals surface area contributed by atoms with Crippen LogP contribution in [0.1, 0.15) is 33.3 Å². The molecule has 2 heterocycles. The first-order chi connectivity index (χ1) is 14.4. The molecule has 0 bridgehead atoms. The second-order valence-corrected chi connectivity index (χ2v) is 8.72. The van der Waals surface area contributed by atoms with E-state index in [0.29, 0.717) is 0 Å². The van der Waals surface area contributed by atoms with Crippen LogP contribution >= 0.6 is 0 Å². The Hall–Kier alpha value is -3.01. The Labute approximate surface area is 178 Å². The lowest BCUT2D eigenvalue weighted by molar-refractivity contribution is 0.0827. The molecule has 3 aromatic rings. The lowest BCUT2D eigenvalue weighted by atomic mass is 9.77. The number of ether oxygens (including phenoxy) is 1. The van der Waals surface area contributed by atoms with E-state index in [9.17, 15) is 0 Å². The predicted octanol–water partition coefficient (Wildman–Crippen LogP) is 5.90. The number of likely N-dealkylation sites (N-methyl/N-ethyl adjacent to an activating group) is 1. The van der Waals surface area contributed by atoms with E-state index < -0.39 is 5.72 Å². The summed E-state index contributed by atoms with van der Waals surface area (Å²) in [6.07, 6.45) is 2.01. The van der Waals surface area contributed by atoms with Crippen LogP contribution in [0.15, 0.2) is 59.6 Å². The number of anilines is 2. The van der Waals surface area contributed by atoms with Gasteiger partial charge < -0.3 is 14.5 Å². The summed E-state index contributed by atoms with van der Waals surface area (Å²) in [5.74, 6) is 0.853. The summed E-state index contributed by atoms with van der Waals surface area (Å²) in [5.41, 5.74) is 3.70. The number of para-hydroxylation sites is 1. The van der Waals surface area contributed by atoms with Gasteiger partial charge in [-0.05, 0) is 39.3 Å². The maximum atomic E-state index is 6.93. The van der Waals surface area contributed by atoms with Gasteiger partial charge >= 0.3 is 0 Å². The first-order valence-electron chi connectivity index (χ1n) is 10.8. The number of nitrogens with zero attached hydrogens (tertiary/aromatic N) is 3. The number of hydrogen-bond acceptors (Lipinski definition) is 4. The van der Waals surface area contributed by atoms with Crippen molar-refractivity contribution in [2.45, 2.75) is 38.8 Å². The molecule has 0 fully saturated rings. The first-order valence-corrected chi connectivity index (χ1v) is 10.8. The molecule has 1 spiro atoms. The van der Waals surface area contributed by atoms with Crippen LogP contribution in [-0.2, 0) is 5.41 Å². The molecule has 0 saturated heterocycles. The Morgan fingerprint density at radius 2 is 1.63 bits per heavy atom. The van der Waals surface area contributed by atoms with Crippen molar-refractivity contribution in [2.75, 3.05) is 29.9 Å². The summed E-state index contributed by atoms with van der Waals surface area (Å²) < 4.78 is 6.93. The summed E-state index contributed by atoms with van der Waals surface area (Å²) in [7, 11) is 2.11.